The quantitative estimate of drug-likeness (QED) is 0.595. The summed E-state index contributed by atoms with van der Waals surface area (Å²) in [5, 5.41) is 0. The third kappa shape index (κ3) is 4.00. The molecule has 1 saturated carbocycles. The fourth-order valence-corrected chi connectivity index (χ4v) is 4.62. The number of benzene rings is 2. The Kier molecular flexibility index (Phi) is 5.90. The lowest BCUT2D eigenvalue weighted by atomic mass is 9.78. The van der Waals surface area contributed by atoms with Crippen LogP contribution >= 0.6 is 0 Å². The predicted octanol–water partition coefficient (Wildman–Crippen LogP) is 4.03. The number of aryl methyl sites for hydroxylation is 2. The van der Waals surface area contributed by atoms with Crippen LogP contribution in [0.2, 0.25) is 0 Å². The van der Waals surface area contributed by atoms with Crippen molar-refractivity contribution in [1.29, 1.82) is 0 Å². The van der Waals surface area contributed by atoms with E-state index in [9.17, 15) is 9.18 Å². The first-order valence-corrected chi connectivity index (χ1v) is 10.5. The van der Waals surface area contributed by atoms with Crippen molar-refractivity contribution in [2.45, 2.75) is 44.0 Å². The van der Waals surface area contributed by atoms with Crippen molar-refractivity contribution < 1.29 is 18.6 Å². The number of aromatic nitrogens is 2. The van der Waals surface area contributed by atoms with Gasteiger partial charge < -0.3 is 14.2 Å². The second-order valence-electron chi connectivity index (χ2n) is 8.32. The molecule has 0 N–H and O–H groups in total. The van der Waals surface area contributed by atoms with Crippen molar-refractivity contribution in [3.63, 3.8) is 0 Å². The molecule has 3 aromatic rings. The molecule has 0 saturated heterocycles. The van der Waals surface area contributed by atoms with Crippen LogP contribution in [0.15, 0.2) is 41.2 Å². The Morgan fingerprint density at radius 3 is 2.42 bits per heavy atom. The lowest BCUT2D eigenvalue weighted by molar-refractivity contribution is -0.0764. The zero-order valence-corrected chi connectivity index (χ0v) is 18.5. The van der Waals surface area contributed by atoms with E-state index in [0.29, 0.717) is 5.75 Å². The fraction of sp³-hybridized carbons (Fsp3) is 0.458. The van der Waals surface area contributed by atoms with Crippen LogP contribution in [-0.2, 0) is 35.8 Å². The first kappa shape index (κ1) is 21.6. The molecule has 1 fully saturated rings. The van der Waals surface area contributed by atoms with E-state index in [1.165, 1.54) is 12.1 Å². The van der Waals surface area contributed by atoms with Gasteiger partial charge in [-0.05, 0) is 61.1 Å². The molecule has 1 aliphatic carbocycles. The molecule has 0 amide bonds. The topological polar surface area (TPSA) is 54.6 Å². The standard InChI is InChI=1S/C24H29FN2O4/c1-26-21-6-5-16(11-22(21)27(2)23(26)28)15-31-20-13-17(12-18(25)14-20)24(30-4)9-7-19(29-3)8-10-24/h5-6,11-14,19H,7-10,15H2,1-4H3/t19-,24+. The van der Waals surface area contributed by atoms with Crippen molar-refractivity contribution in [2.75, 3.05) is 14.2 Å². The van der Waals surface area contributed by atoms with Gasteiger partial charge in [0.2, 0.25) is 0 Å². The highest BCUT2D eigenvalue weighted by Crippen LogP contribution is 2.42. The van der Waals surface area contributed by atoms with Gasteiger partial charge in [0.1, 0.15) is 18.2 Å². The highest BCUT2D eigenvalue weighted by molar-refractivity contribution is 5.76. The predicted molar refractivity (Wildman–Crippen MR) is 117 cm³/mol. The summed E-state index contributed by atoms with van der Waals surface area (Å²) >= 11 is 0. The van der Waals surface area contributed by atoms with Crippen molar-refractivity contribution in [3.8, 4) is 5.75 Å². The molecule has 1 aliphatic rings. The van der Waals surface area contributed by atoms with Crippen LogP contribution in [0.4, 0.5) is 4.39 Å². The molecular weight excluding hydrogens is 399 g/mol. The van der Waals surface area contributed by atoms with Crippen LogP contribution in [-0.4, -0.2) is 29.5 Å². The maximum atomic E-state index is 14.5. The fourth-order valence-electron chi connectivity index (χ4n) is 4.62. The first-order chi connectivity index (χ1) is 14.9. The Morgan fingerprint density at radius 2 is 1.74 bits per heavy atom. The molecule has 1 heterocycles. The summed E-state index contributed by atoms with van der Waals surface area (Å²) in [6, 6.07) is 10.6. The van der Waals surface area contributed by atoms with Crippen LogP contribution in [0.5, 0.6) is 5.75 Å². The molecule has 2 aromatic carbocycles. The van der Waals surface area contributed by atoms with E-state index in [4.69, 9.17) is 14.2 Å². The number of rotatable bonds is 6. The Labute approximate surface area is 181 Å². The van der Waals surface area contributed by atoms with E-state index in [-0.39, 0.29) is 24.2 Å². The SMILES string of the molecule is CO[C@H]1CC[C@](OC)(c2cc(F)cc(OCc3ccc4c(c3)n(C)c(=O)n4C)c2)CC1. The molecule has 0 spiro atoms. The lowest BCUT2D eigenvalue weighted by Gasteiger charge is -2.39. The van der Waals surface area contributed by atoms with Gasteiger partial charge in [0.15, 0.2) is 0 Å². The minimum absolute atomic E-state index is 0.0732. The monoisotopic (exact) mass is 428 g/mol. The molecule has 6 nitrogen and oxygen atoms in total. The van der Waals surface area contributed by atoms with Gasteiger partial charge in [-0.15, -0.1) is 0 Å². The van der Waals surface area contributed by atoms with Crippen molar-refractivity contribution in [2.24, 2.45) is 14.1 Å². The lowest BCUT2D eigenvalue weighted by Crippen LogP contribution is -2.36. The van der Waals surface area contributed by atoms with E-state index >= 15 is 0 Å². The molecule has 0 bridgehead atoms. The van der Waals surface area contributed by atoms with Crippen LogP contribution in [0.25, 0.3) is 11.0 Å². The van der Waals surface area contributed by atoms with Gasteiger partial charge in [-0.2, -0.15) is 0 Å². The van der Waals surface area contributed by atoms with Crippen LogP contribution in [0.3, 0.4) is 0 Å². The number of hydrogen-bond donors (Lipinski definition) is 0. The molecule has 0 aliphatic heterocycles. The maximum Gasteiger partial charge on any atom is 0.328 e. The molecule has 0 unspecified atom stereocenters. The number of fused-ring (bicyclic) bond motifs is 1. The van der Waals surface area contributed by atoms with Crippen LogP contribution < -0.4 is 10.4 Å². The second kappa shape index (κ2) is 8.48. The van der Waals surface area contributed by atoms with Crippen LogP contribution in [0.1, 0.15) is 36.8 Å². The van der Waals surface area contributed by atoms with E-state index in [1.807, 2.05) is 24.3 Å². The minimum atomic E-state index is -0.531. The largest absolute Gasteiger partial charge is 0.489 e. The number of halogens is 1. The second-order valence-corrected chi connectivity index (χ2v) is 8.32. The molecular formula is C24H29FN2O4. The van der Waals surface area contributed by atoms with Crippen molar-refractivity contribution in [1.82, 2.24) is 9.13 Å². The van der Waals surface area contributed by atoms with Gasteiger partial charge in [-0.1, -0.05) is 6.07 Å². The van der Waals surface area contributed by atoms with Crippen molar-refractivity contribution >= 4 is 11.0 Å². The summed E-state index contributed by atoms with van der Waals surface area (Å²) in [5.41, 5.74) is 2.79. The minimum Gasteiger partial charge on any atom is -0.489 e. The summed E-state index contributed by atoms with van der Waals surface area (Å²) in [5.74, 6) is 0.112. The molecule has 1 aromatic heterocycles. The number of nitrogens with zero attached hydrogens (tertiary/aromatic N) is 2. The zero-order valence-electron chi connectivity index (χ0n) is 18.5. The highest BCUT2D eigenvalue weighted by atomic mass is 19.1. The Bertz CT molecular complexity index is 1140. The summed E-state index contributed by atoms with van der Waals surface area (Å²) in [4.78, 5) is 12.1. The molecule has 4 rings (SSSR count). The Morgan fingerprint density at radius 1 is 1.03 bits per heavy atom. The molecule has 0 atom stereocenters. The normalized spacial score (nSPS) is 21.5. The number of hydrogen-bond acceptors (Lipinski definition) is 4. The molecule has 31 heavy (non-hydrogen) atoms. The van der Waals surface area contributed by atoms with Gasteiger partial charge in [-0.3, -0.25) is 9.13 Å². The first-order valence-electron chi connectivity index (χ1n) is 10.5. The average molecular weight is 429 g/mol. The van der Waals surface area contributed by atoms with Gasteiger partial charge in [0.25, 0.3) is 0 Å². The molecule has 7 heteroatoms. The number of imidazole rings is 1. The Hall–Kier alpha value is -2.64. The number of methoxy groups -OCH3 is 2. The summed E-state index contributed by atoms with van der Waals surface area (Å²) in [7, 11) is 6.90. The van der Waals surface area contributed by atoms with Gasteiger partial charge in [-0.25, -0.2) is 9.18 Å². The smallest absolute Gasteiger partial charge is 0.328 e. The maximum absolute atomic E-state index is 14.5. The third-order valence-electron chi connectivity index (χ3n) is 6.60. The van der Waals surface area contributed by atoms with Gasteiger partial charge >= 0.3 is 5.69 Å². The molecule has 0 radical (unpaired) electrons. The summed E-state index contributed by atoms with van der Waals surface area (Å²) in [6.07, 6.45) is 3.49. The average Bonchev–Trinajstić information content (AvgIpc) is 3.01. The van der Waals surface area contributed by atoms with Crippen molar-refractivity contribution in [3.05, 3.63) is 63.8 Å². The van der Waals surface area contributed by atoms with E-state index in [2.05, 4.69) is 0 Å². The Balaban J connectivity index is 1.56. The van der Waals surface area contributed by atoms with E-state index in [1.54, 1.807) is 37.4 Å². The van der Waals surface area contributed by atoms with Gasteiger partial charge in [0, 0.05) is 34.4 Å². The zero-order chi connectivity index (χ0) is 22.2. The summed E-state index contributed by atoms with van der Waals surface area (Å²) < 4.78 is 35.0. The van der Waals surface area contributed by atoms with Gasteiger partial charge in [0.05, 0.1) is 22.7 Å². The van der Waals surface area contributed by atoms with E-state index < -0.39 is 5.60 Å². The third-order valence-corrected chi connectivity index (χ3v) is 6.60. The van der Waals surface area contributed by atoms with E-state index in [0.717, 1.165) is 47.8 Å². The summed E-state index contributed by atoms with van der Waals surface area (Å²) in [6.45, 7) is 0.271. The molecule has 166 valence electrons. The number of ether oxygens (including phenoxy) is 3. The van der Waals surface area contributed by atoms with Crippen LogP contribution in [0, 0.1) is 5.82 Å². The highest BCUT2D eigenvalue weighted by Gasteiger charge is 2.37.